The molecule has 5 rings (SSSR count). The molecule has 2 aliphatic rings. The summed E-state index contributed by atoms with van der Waals surface area (Å²) in [6, 6.07) is 13.0. The largest absolute Gasteiger partial charge is 0.390 e. The molecule has 218 valence electrons. The maximum absolute atomic E-state index is 14.3. The molecule has 3 N–H and O–H groups in total. The minimum absolute atomic E-state index is 0.0433. The van der Waals surface area contributed by atoms with E-state index in [2.05, 4.69) is 25.8 Å². The van der Waals surface area contributed by atoms with E-state index >= 15 is 0 Å². The molecule has 1 aromatic heterocycles. The minimum Gasteiger partial charge on any atom is -0.390 e. The number of amides is 2. The standard InChI is InChI=1S/C30H36F2N6O3/c1-28(2,20-7-5-4-6-8-20)33-26(39)16-30(18-37(19-30)22-11-13-29(3,41)14-12-22)34-27(40)24-17-38(36-35-24)25-10-9-21(31)15-23(25)32/h4-10,15,17,22,41H,11-14,16,18-19H2,1-3H3,(H,33,39)(H,34,40). The number of carbonyl (C=O) groups is 2. The van der Waals surface area contributed by atoms with E-state index in [9.17, 15) is 23.5 Å². The second-order valence-electron chi connectivity index (χ2n) is 12.2. The number of nitrogens with one attached hydrogen (secondary N) is 2. The molecular formula is C30H36F2N6O3. The summed E-state index contributed by atoms with van der Waals surface area (Å²) in [6.07, 6.45) is 4.39. The van der Waals surface area contributed by atoms with Crippen LogP contribution in [0.25, 0.3) is 5.69 Å². The lowest BCUT2D eigenvalue weighted by Crippen LogP contribution is -2.73. The summed E-state index contributed by atoms with van der Waals surface area (Å²) in [5, 5.41) is 24.2. The molecule has 0 spiro atoms. The molecule has 41 heavy (non-hydrogen) atoms. The van der Waals surface area contributed by atoms with Gasteiger partial charge in [-0.05, 0) is 64.2 Å². The third-order valence-corrected chi connectivity index (χ3v) is 8.27. The average Bonchev–Trinajstić information content (AvgIpc) is 3.37. The van der Waals surface area contributed by atoms with Gasteiger partial charge in [0.2, 0.25) is 5.91 Å². The Morgan fingerprint density at radius 3 is 2.44 bits per heavy atom. The molecule has 1 aliphatic heterocycles. The van der Waals surface area contributed by atoms with Gasteiger partial charge in [-0.1, -0.05) is 35.5 Å². The lowest BCUT2D eigenvalue weighted by Gasteiger charge is -2.54. The summed E-state index contributed by atoms with van der Waals surface area (Å²) in [6.45, 7) is 6.64. The number of hydrogen-bond acceptors (Lipinski definition) is 6. The van der Waals surface area contributed by atoms with Crippen molar-refractivity contribution in [2.45, 2.75) is 75.6 Å². The molecule has 2 heterocycles. The molecule has 1 saturated carbocycles. The van der Waals surface area contributed by atoms with E-state index in [0.29, 0.717) is 25.9 Å². The van der Waals surface area contributed by atoms with Gasteiger partial charge in [0.15, 0.2) is 11.5 Å². The Morgan fingerprint density at radius 1 is 1.10 bits per heavy atom. The molecule has 3 aromatic rings. The second kappa shape index (κ2) is 10.9. The monoisotopic (exact) mass is 566 g/mol. The number of nitrogens with zero attached hydrogens (tertiary/aromatic N) is 4. The van der Waals surface area contributed by atoms with Crippen molar-refractivity contribution >= 4 is 11.8 Å². The fraction of sp³-hybridized carbons (Fsp3) is 0.467. The Balaban J connectivity index is 1.31. The maximum Gasteiger partial charge on any atom is 0.274 e. The van der Waals surface area contributed by atoms with Crippen molar-refractivity contribution in [3.8, 4) is 5.69 Å². The number of halogens is 2. The first-order valence-electron chi connectivity index (χ1n) is 13.9. The average molecular weight is 567 g/mol. The third kappa shape index (κ3) is 6.46. The van der Waals surface area contributed by atoms with E-state index in [1.807, 2.05) is 51.1 Å². The van der Waals surface area contributed by atoms with Crippen molar-refractivity contribution in [1.82, 2.24) is 30.5 Å². The summed E-state index contributed by atoms with van der Waals surface area (Å²) >= 11 is 0. The molecular weight excluding hydrogens is 530 g/mol. The molecule has 0 radical (unpaired) electrons. The molecule has 0 atom stereocenters. The first-order chi connectivity index (χ1) is 19.3. The van der Waals surface area contributed by atoms with Gasteiger partial charge >= 0.3 is 0 Å². The van der Waals surface area contributed by atoms with E-state index in [-0.39, 0.29) is 29.8 Å². The lowest BCUT2D eigenvalue weighted by atomic mass is 9.78. The quantitative estimate of drug-likeness (QED) is 0.385. The number of carbonyl (C=O) groups excluding carboxylic acids is 2. The molecule has 2 fully saturated rings. The van der Waals surface area contributed by atoms with Gasteiger partial charge in [0.1, 0.15) is 11.5 Å². The Labute approximate surface area is 237 Å². The van der Waals surface area contributed by atoms with Crippen LogP contribution in [0, 0.1) is 11.6 Å². The van der Waals surface area contributed by atoms with Gasteiger partial charge < -0.3 is 15.7 Å². The normalized spacial score (nSPS) is 22.5. The smallest absolute Gasteiger partial charge is 0.274 e. The van der Waals surface area contributed by atoms with Crippen LogP contribution in [0.3, 0.4) is 0 Å². The minimum atomic E-state index is -0.848. The summed E-state index contributed by atoms with van der Waals surface area (Å²) in [7, 11) is 0. The molecule has 0 bridgehead atoms. The van der Waals surface area contributed by atoms with E-state index in [4.69, 9.17) is 0 Å². The highest BCUT2D eigenvalue weighted by Gasteiger charge is 2.49. The topological polar surface area (TPSA) is 112 Å². The first-order valence-corrected chi connectivity index (χ1v) is 13.9. The van der Waals surface area contributed by atoms with Crippen molar-refractivity contribution in [2.75, 3.05) is 13.1 Å². The fourth-order valence-corrected chi connectivity index (χ4v) is 5.90. The van der Waals surface area contributed by atoms with Crippen LogP contribution < -0.4 is 10.6 Å². The summed E-state index contributed by atoms with van der Waals surface area (Å²) in [4.78, 5) is 28.9. The predicted octanol–water partition coefficient (Wildman–Crippen LogP) is 3.46. The first kappa shape index (κ1) is 28.8. The second-order valence-corrected chi connectivity index (χ2v) is 12.2. The Bertz CT molecular complexity index is 1410. The van der Waals surface area contributed by atoms with Gasteiger partial charge in [0, 0.05) is 25.2 Å². The fourth-order valence-electron chi connectivity index (χ4n) is 5.90. The number of aliphatic hydroxyl groups is 1. The Hall–Kier alpha value is -3.70. The van der Waals surface area contributed by atoms with Crippen LogP contribution in [-0.4, -0.2) is 67.1 Å². The van der Waals surface area contributed by atoms with Gasteiger partial charge in [0.05, 0.1) is 29.3 Å². The van der Waals surface area contributed by atoms with Crippen LogP contribution >= 0.6 is 0 Å². The van der Waals surface area contributed by atoms with E-state index in [1.54, 1.807) is 0 Å². The van der Waals surface area contributed by atoms with E-state index in [1.165, 1.54) is 12.3 Å². The third-order valence-electron chi connectivity index (χ3n) is 8.27. The van der Waals surface area contributed by atoms with Gasteiger partial charge in [0.25, 0.3) is 5.91 Å². The zero-order chi connectivity index (χ0) is 29.4. The van der Waals surface area contributed by atoms with Gasteiger partial charge in [-0.15, -0.1) is 5.10 Å². The summed E-state index contributed by atoms with van der Waals surface area (Å²) < 4.78 is 28.7. The van der Waals surface area contributed by atoms with Crippen molar-refractivity contribution in [3.05, 3.63) is 77.6 Å². The van der Waals surface area contributed by atoms with Crippen LogP contribution in [-0.2, 0) is 10.3 Å². The molecule has 0 unspecified atom stereocenters. The molecule has 11 heteroatoms. The maximum atomic E-state index is 14.3. The molecule has 1 aliphatic carbocycles. The Kier molecular flexibility index (Phi) is 7.69. The molecule has 1 saturated heterocycles. The van der Waals surface area contributed by atoms with Gasteiger partial charge in [-0.25, -0.2) is 13.5 Å². The van der Waals surface area contributed by atoms with Crippen molar-refractivity contribution < 1.29 is 23.5 Å². The summed E-state index contributed by atoms with van der Waals surface area (Å²) in [5.74, 6) is -2.31. The van der Waals surface area contributed by atoms with Crippen LogP contribution in [0.4, 0.5) is 8.78 Å². The zero-order valence-corrected chi connectivity index (χ0v) is 23.5. The number of likely N-dealkylation sites (tertiary alicyclic amines) is 1. The number of benzene rings is 2. The van der Waals surface area contributed by atoms with Crippen LogP contribution in [0.15, 0.2) is 54.7 Å². The van der Waals surface area contributed by atoms with Gasteiger partial charge in [-0.3, -0.25) is 14.5 Å². The SMILES string of the molecule is CC1(O)CCC(N2CC(CC(=O)NC(C)(C)c3ccccc3)(NC(=O)c3cn(-c4ccc(F)cc4F)nn3)C2)CC1. The molecule has 9 nitrogen and oxygen atoms in total. The van der Waals surface area contributed by atoms with Crippen LogP contribution in [0.5, 0.6) is 0 Å². The van der Waals surface area contributed by atoms with Crippen LogP contribution in [0.1, 0.15) is 68.9 Å². The molecule has 2 amide bonds. The van der Waals surface area contributed by atoms with E-state index in [0.717, 1.165) is 35.2 Å². The van der Waals surface area contributed by atoms with Crippen molar-refractivity contribution in [2.24, 2.45) is 0 Å². The number of aromatic nitrogens is 3. The highest BCUT2D eigenvalue weighted by atomic mass is 19.1. The van der Waals surface area contributed by atoms with Crippen molar-refractivity contribution in [1.29, 1.82) is 0 Å². The van der Waals surface area contributed by atoms with Crippen LogP contribution in [0.2, 0.25) is 0 Å². The Morgan fingerprint density at radius 2 is 1.78 bits per heavy atom. The van der Waals surface area contributed by atoms with Crippen molar-refractivity contribution in [3.63, 3.8) is 0 Å². The number of rotatable bonds is 8. The molecule has 2 aromatic carbocycles. The van der Waals surface area contributed by atoms with Gasteiger partial charge in [-0.2, -0.15) is 0 Å². The number of hydrogen-bond donors (Lipinski definition) is 3. The highest BCUT2D eigenvalue weighted by Crippen LogP contribution is 2.36. The highest BCUT2D eigenvalue weighted by molar-refractivity contribution is 5.93. The van der Waals surface area contributed by atoms with E-state index < -0.39 is 34.2 Å². The zero-order valence-electron chi connectivity index (χ0n) is 23.5. The summed E-state index contributed by atoms with van der Waals surface area (Å²) in [5.41, 5.74) is -1.27. The predicted molar refractivity (Wildman–Crippen MR) is 148 cm³/mol. The lowest BCUT2D eigenvalue weighted by molar-refractivity contribution is -0.127.